The van der Waals surface area contributed by atoms with Gasteiger partial charge in [-0.25, -0.2) is 8.42 Å². The zero-order chi connectivity index (χ0) is 20.6. The Morgan fingerprint density at radius 2 is 1.61 bits per heavy atom. The molecule has 152 valence electrons. The normalized spacial score (nSPS) is 14.7. The maximum atomic E-state index is 12.6. The highest BCUT2D eigenvalue weighted by atomic mass is 32.2. The molecule has 1 saturated heterocycles. The van der Waals surface area contributed by atoms with E-state index in [0.717, 1.165) is 19.3 Å². The van der Waals surface area contributed by atoms with E-state index in [1.165, 1.54) is 34.6 Å². The topological polar surface area (TPSA) is 125 Å². The Balaban J connectivity index is 1.88. The summed E-state index contributed by atoms with van der Waals surface area (Å²) in [5, 5.41) is 7.01. The van der Waals surface area contributed by atoms with Crippen molar-refractivity contribution in [1.29, 1.82) is 0 Å². The maximum Gasteiger partial charge on any atom is 0.309 e. The molecular weight excluding hydrogens is 384 g/mol. The third-order valence-electron chi connectivity index (χ3n) is 4.11. The number of piperidine rings is 1. The van der Waals surface area contributed by atoms with E-state index < -0.39 is 34.3 Å². The van der Waals surface area contributed by atoms with Crippen LogP contribution in [0.5, 0.6) is 0 Å². The first kappa shape index (κ1) is 21.6. The molecule has 0 saturated carbocycles. The van der Waals surface area contributed by atoms with Crippen LogP contribution in [-0.2, 0) is 24.4 Å². The third kappa shape index (κ3) is 5.89. The summed E-state index contributed by atoms with van der Waals surface area (Å²) in [4.78, 5) is 34.9. The average molecular weight is 408 g/mol. The van der Waals surface area contributed by atoms with Gasteiger partial charge in [0, 0.05) is 25.3 Å². The third-order valence-corrected chi connectivity index (χ3v) is 6.03. The van der Waals surface area contributed by atoms with Crippen molar-refractivity contribution in [1.82, 2.24) is 14.9 Å². The van der Waals surface area contributed by atoms with Crippen LogP contribution in [0.3, 0.4) is 0 Å². The molecule has 9 nitrogen and oxygen atoms in total. The Bertz CT molecular complexity index is 830. The minimum Gasteiger partial charge on any atom is -0.344 e. The number of nitrogens with zero attached hydrogens (tertiary/aromatic N) is 1. The lowest BCUT2D eigenvalue weighted by molar-refractivity contribution is -0.139. The molecule has 3 N–H and O–H groups in total. The summed E-state index contributed by atoms with van der Waals surface area (Å²) in [7, 11) is -3.53. The number of rotatable bonds is 7. The number of benzene rings is 1. The van der Waals surface area contributed by atoms with Crippen molar-refractivity contribution in [3.05, 3.63) is 36.9 Å². The van der Waals surface area contributed by atoms with Gasteiger partial charge in [-0.15, -0.1) is 6.58 Å². The number of nitrogens with one attached hydrogen (secondary N) is 3. The molecule has 28 heavy (non-hydrogen) atoms. The van der Waals surface area contributed by atoms with E-state index in [2.05, 4.69) is 22.5 Å². The summed E-state index contributed by atoms with van der Waals surface area (Å²) in [6, 6.07) is 5.82. The molecule has 0 unspecified atom stereocenters. The minimum absolute atomic E-state index is 0.144. The second kappa shape index (κ2) is 10.00. The fourth-order valence-electron chi connectivity index (χ4n) is 2.66. The fourth-order valence-corrected chi connectivity index (χ4v) is 4.17. The molecule has 1 aromatic rings. The van der Waals surface area contributed by atoms with Gasteiger partial charge in [0.25, 0.3) is 0 Å². The first-order chi connectivity index (χ1) is 13.3. The largest absolute Gasteiger partial charge is 0.344 e. The molecule has 0 atom stereocenters. The Kier molecular flexibility index (Phi) is 7.70. The second-order valence-corrected chi connectivity index (χ2v) is 8.16. The summed E-state index contributed by atoms with van der Waals surface area (Å²) in [6.45, 7) is 4.19. The van der Waals surface area contributed by atoms with Crippen LogP contribution >= 0.6 is 0 Å². The highest BCUT2D eigenvalue weighted by Gasteiger charge is 2.25. The fraction of sp³-hybridized carbons (Fsp3) is 0.389. The van der Waals surface area contributed by atoms with Crippen molar-refractivity contribution in [3.8, 4) is 0 Å². The van der Waals surface area contributed by atoms with Crippen molar-refractivity contribution in [2.24, 2.45) is 0 Å². The van der Waals surface area contributed by atoms with Crippen LogP contribution < -0.4 is 16.0 Å². The van der Waals surface area contributed by atoms with Gasteiger partial charge in [0.1, 0.15) is 0 Å². The highest BCUT2D eigenvalue weighted by molar-refractivity contribution is 7.89. The number of hydrogen-bond donors (Lipinski definition) is 3. The molecule has 1 aromatic carbocycles. The summed E-state index contributed by atoms with van der Waals surface area (Å²) < 4.78 is 26.6. The molecule has 1 fully saturated rings. The van der Waals surface area contributed by atoms with Gasteiger partial charge in [-0.2, -0.15) is 4.31 Å². The number of anilines is 1. The van der Waals surface area contributed by atoms with Crippen LogP contribution in [0, 0.1) is 0 Å². The van der Waals surface area contributed by atoms with Crippen LogP contribution in [0.15, 0.2) is 41.8 Å². The number of carbonyl (C=O) groups excluding carboxylic acids is 3. The monoisotopic (exact) mass is 408 g/mol. The van der Waals surface area contributed by atoms with Crippen molar-refractivity contribution in [2.75, 3.05) is 31.5 Å². The zero-order valence-electron chi connectivity index (χ0n) is 15.4. The van der Waals surface area contributed by atoms with Crippen LogP contribution in [-0.4, -0.2) is 56.6 Å². The lowest BCUT2D eigenvalue weighted by atomic mass is 10.2. The number of amides is 3. The van der Waals surface area contributed by atoms with E-state index in [4.69, 9.17) is 0 Å². The predicted molar refractivity (Wildman–Crippen MR) is 104 cm³/mol. The first-order valence-corrected chi connectivity index (χ1v) is 10.4. The molecule has 0 aromatic heterocycles. The van der Waals surface area contributed by atoms with Crippen molar-refractivity contribution in [3.63, 3.8) is 0 Å². The Labute approximate surface area is 164 Å². The van der Waals surface area contributed by atoms with Crippen LogP contribution in [0.4, 0.5) is 5.69 Å². The number of sulfonamides is 1. The quantitative estimate of drug-likeness (QED) is 0.440. The second-order valence-electron chi connectivity index (χ2n) is 6.22. The molecule has 2 rings (SSSR count). The SMILES string of the molecule is C=CCNC(=O)C(=O)NCC(=O)Nc1ccc(S(=O)(=O)N2CCCCC2)cc1. The van der Waals surface area contributed by atoms with Gasteiger partial charge in [-0.1, -0.05) is 12.5 Å². The summed E-state index contributed by atoms with van der Waals surface area (Å²) >= 11 is 0. The van der Waals surface area contributed by atoms with E-state index in [1.54, 1.807) is 0 Å². The molecule has 0 radical (unpaired) electrons. The lowest BCUT2D eigenvalue weighted by Crippen LogP contribution is -2.42. The van der Waals surface area contributed by atoms with E-state index in [0.29, 0.717) is 18.8 Å². The van der Waals surface area contributed by atoms with Gasteiger partial charge in [0.2, 0.25) is 15.9 Å². The zero-order valence-corrected chi connectivity index (χ0v) is 16.3. The standard InChI is InChI=1S/C18H24N4O5S/c1-2-10-19-17(24)18(25)20-13-16(23)21-14-6-8-15(9-7-14)28(26,27)22-11-4-3-5-12-22/h2,6-9H,1,3-5,10-13H2,(H,19,24)(H,20,25)(H,21,23). The predicted octanol–water partition coefficient (Wildman–Crippen LogP) is 0.218. The van der Waals surface area contributed by atoms with E-state index in [9.17, 15) is 22.8 Å². The smallest absolute Gasteiger partial charge is 0.309 e. The summed E-state index contributed by atoms with van der Waals surface area (Å²) in [5.41, 5.74) is 0.382. The van der Waals surface area contributed by atoms with Gasteiger partial charge in [-0.05, 0) is 37.1 Å². The molecule has 0 spiro atoms. The molecule has 1 heterocycles. The highest BCUT2D eigenvalue weighted by Crippen LogP contribution is 2.21. The van der Waals surface area contributed by atoms with Gasteiger partial charge in [0.15, 0.2) is 0 Å². The number of carbonyl (C=O) groups is 3. The van der Waals surface area contributed by atoms with Crippen molar-refractivity contribution in [2.45, 2.75) is 24.2 Å². The van der Waals surface area contributed by atoms with Gasteiger partial charge >= 0.3 is 11.8 Å². The first-order valence-electron chi connectivity index (χ1n) is 8.91. The molecule has 1 aliphatic heterocycles. The average Bonchev–Trinajstić information content (AvgIpc) is 2.71. The van der Waals surface area contributed by atoms with Crippen LogP contribution in [0.1, 0.15) is 19.3 Å². The Hall–Kier alpha value is -2.72. The summed E-state index contributed by atoms with van der Waals surface area (Å²) in [5.74, 6) is -2.34. The van der Waals surface area contributed by atoms with Crippen LogP contribution in [0.25, 0.3) is 0 Å². The maximum absolute atomic E-state index is 12.6. The molecule has 0 bridgehead atoms. The van der Waals surface area contributed by atoms with Gasteiger partial charge in [-0.3, -0.25) is 14.4 Å². The molecule has 0 aliphatic carbocycles. The van der Waals surface area contributed by atoms with Crippen molar-refractivity contribution >= 4 is 33.4 Å². The lowest BCUT2D eigenvalue weighted by Gasteiger charge is -2.25. The van der Waals surface area contributed by atoms with E-state index in [1.807, 2.05) is 0 Å². The molecule has 1 aliphatic rings. The Morgan fingerprint density at radius 3 is 2.21 bits per heavy atom. The molecular formula is C18H24N4O5S. The van der Waals surface area contributed by atoms with Gasteiger partial charge in [0.05, 0.1) is 11.4 Å². The number of hydrogen-bond acceptors (Lipinski definition) is 5. The minimum atomic E-state index is -3.53. The Morgan fingerprint density at radius 1 is 1.00 bits per heavy atom. The van der Waals surface area contributed by atoms with E-state index >= 15 is 0 Å². The van der Waals surface area contributed by atoms with Gasteiger partial charge < -0.3 is 16.0 Å². The van der Waals surface area contributed by atoms with Crippen molar-refractivity contribution < 1.29 is 22.8 Å². The van der Waals surface area contributed by atoms with Crippen LogP contribution in [0.2, 0.25) is 0 Å². The molecule has 3 amide bonds. The molecule has 10 heteroatoms. The summed E-state index contributed by atoms with van der Waals surface area (Å²) in [6.07, 6.45) is 4.16. The van der Waals surface area contributed by atoms with E-state index in [-0.39, 0.29) is 11.4 Å².